The highest BCUT2D eigenvalue weighted by molar-refractivity contribution is 6.02. The lowest BCUT2D eigenvalue weighted by Crippen LogP contribution is -2.53. The summed E-state index contributed by atoms with van der Waals surface area (Å²) in [5, 5.41) is 6.25. The summed E-state index contributed by atoms with van der Waals surface area (Å²) < 4.78 is 15.9. The Morgan fingerprint density at radius 2 is 1.79 bits per heavy atom. The van der Waals surface area contributed by atoms with Crippen molar-refractivity contribution in [2.24, 2.45) is 5.41 Å². The number of carbonyl (C=O) groups is 2. The normalized spacial score (nSPS) is 20.7. The first-order chi connectivity index (χ1) is 13.5. The highest BCUT2D eigenvalue weighted by Crippen LogP contribution is 2.33. The van der Waals surface area contributed by atoms with Gasteiger partial charge in [0, 0.05) is 31.9 Å². The number of amides is 2. The molecular formula is C20H30ClN3O5. The molecular weight excluding hydrogens is 398 g/mol. The summed E-state index contributed by atoms with van der Waals surface area (Å²) in [6.45, 7) is 2.42. The number of nitrogens with zero attached hydrogens (tertiary/aromatic N) is 1. The molecule has 29 heavy (non-hydrogen) atoms. The molecule has 2 saturated heterocycles. The van der Waals surface area contributed by atoms with Crippen LogP contribution in [0.15, 0.2) is 18.2 Å². The fourth-order valence-electron chi connectivity index (χ4n) is 3.95. The Kier molecular flexibility index (Phi) is 8.13. The first-order valence-electron chi connectivity index (χ1n) is 9.58. The van der Waals surface area contributed by atoms with E-state index in [0.717, 1.165) is 13.1 Å². The SMILES string of the molecule is COCC1(C(=O)NC2CCN(c3cc(OC)cc(OC)c3)C2=O)CCNCC1.Cl. The van der Waals surface area contributed by atoms with Gasteiger partial charge in [0.1, 0.15) is 17.5 Å². The minimum absolute atomic E-state index is 0. The minimum Gasteiger partial charge on any atom is -0.497 e. The Balaban J connectivity index is 0.00000300. The van der Waals surface area contributed by atoms with Gasteiger partial charge in [0.25, 0.3) is 0 Å². The van der Waals surface area contributed by atoms with E-state index in [2.05, 4.69) is 10.6 Å². The Morgan fingerprint density at radius 1 is 1.17 bits per heavy atom. The number of hydrogen-bond acceptors (Lipinski definition) is 6. The largest absolute Gasteiger partial charge is 0.497 e. The predicted molar refractivity (Wildman–Crippen MR) is 112 cm³/mol. The molecule has 162 valence electrons. The molecule has 0 spiro atoms. The van der Waals surface area contributed by atoms with Crippen molar-refractivity contribution in [1.29, 1.82) is 0 Å². The quantitative estimate of drug-likeness (QED) is 0.683. The van der Waals surface area contributed by atoms with Crippen LogP contribution in [-0.2, 0) is 14.3 Å². The maximum Gasteiger partial charge on any atom is 0.249 e. The van der Waals surface area contributed by atoms with Crippen molar-refractivity contribution in [2.75, 3.05) is 52.5 Å². The second kappa shape index (κ2) is 10.1. The second-order valence-corrected chi connectivity index (χ2v) is 7.34. The third kappa shape index (κ3) is 4.94. The molecule has 0 saturated carbocycles. The number of nitrogens with one attached hydrogen (secondary N) is 2. The number of piperidine rings is 1. The molecule has 3 rings (SSSR count). The van der Waals surface area contributed by atoms with E-state index in [9.17, 15) is 9.59 Å². The zero-order valence-corrected chi connectivity index (χ0v) is 18.0. The molecule has 9 heteroatoms. The Morgan fingerprint density at radius 3 is 2.34 bits per heavy atom. The van der Waals surface area contributed by atoms with Gasteiger partial charge in [0.2, 0.25) is 11.8 Å². The third-order valence-electron chi connectivity index (χ3n) is 5.62. The van der Waals surface area contributed by atoms with Crippen LogP contribution in [0.2, 0.25) is 0 Å². The molecule has 1 atom stereocenters. The fourth-order valence-corrected chi connectivity index (χ4v) is 3.95. The third-order valence-corrected chi connectivity index (χ3v) is 5.62. The molecule has 2 N–H and O–H groups in total. The maximum absolute atomic E-state index is 13.0. The van der Waals surface area contributed by atoms with E-state index in [1.165, 1.54) is 0 Å². The lowest BCUT2D eigenvalue weighted by atomic mass is 9.78. The smallest absolute Gasteiger partial charge is 0.249 e. The van der Waals surface area contributed by atoms with Crippen molar-refractivity contribution in [3.05, 3.63) is 18.2 Å². The molecule has 8 nitrogen and oxygen atoms in total. The van der Waals surface area contributed by atoms with Crippen LogP contribution in [0.1, 0.15) is 19.3 Å². The molecule has 0 aliphatic carbocycles. The van der Waals surface area contributed by atoms with Gasteiger partial charge in [-0.1, -0.05) is 0 Å². The number of rotatable bonds is 7. The number of hydrogen-bond donors (Lipinski definition) is 2. The Labute approximate surface area is 177 Å². The van der Waals surface area contributed by atoms with E-state index in [-0.39, 0.29) is 24.2 Å². The van der Waals surface area contributed by atoms with E-state index < -0.39 is 11.5 Å². The molecule has 0 bridgehead atoms. The van der Waals surface area contributed by atoms with Crippen LogP contribution < -0.4 is 25.0 Å². The summed E-state index contributed by atoms with van der Waals surface area (Å²) in [6.07, 6.45) is 1.96. The summed E-state index contributed by atoms with van der Waals surface area (Å²) in [6, 6.07) is 4.82. The van der Waals surface area contributed by atoms with E-state index in [4.69, 9.17) is 14.2 Å². The standard InChI is InChI=1S/C20H29N3O5.ClH/c1-26-13-20(5-7-21-8-6-20)19(25)22-17-4-9-23(18(17)24)14-10-15(27-2)12-16(11-14)28-3;/h10-12,17,21H,4-9,13H2,1-3H3,(H,22,25);1H. The zero-order chi connectivity index (χ0) is 20.1. The van der Waals surface area contributed by atoms with Crippen molar-refractivity contribution >= 4 is 29.9 Å². The van der Waals surface area contributed by atoms with Crippen molar-refractivity contribution < 1.29 is 23.8 Å². The van der Waals surface area contributed by atoms with Crippen molar-refractivity contribution in [3.8, 4) is 11.5 Å². The Hall–Kier alpha value is -2.03. The van der Waals surface area contributed by atoms with Crippen LogP contribution in [0.25, 0.3) is 0 Å². The van der Waals surface area contributed by atoms with Crippen LogP contribution >= 0.6 is 12.4 Å². The van der Waals surface area contributed by atoms with Crippen LogP contribution in [0.5, 0.6) is 11.5 Å². The van der Waals surface area contributed by atoms with Crippen LogP contribution in [0.3, 0.4) is 0 Å². The van der Waals surface area contributed by atoms with Gasteiger partial charge in [-0.25, -0.2) is 0 Å². The molecule has 2 aliphatic rings. The van der Waals surface area contributed by atoms with Gasteiger partial charge < -0.3 is 29.7 Å². The lowest BCUT2D eigenvalue weighted by Gasteiger charge is -2.36. The number of ether oxygens (including phenoxy) is 3. The van der Waals surface area contributed by atoms with Gasteiger partial charge in [0.05, 0.1) is 31.9 Å². The lowest BCUT2D eigenvalue weighted by molar-refractivity contribution is -0.138. The molecule has 2 fully saturated rings. The number of anilines is 1. The summed E-state index contributed by atoms with van der Waals surface area (Å²) in [5.41, 5.74) is 0.124. The number of carbonyl (C=O) groups excluding carboxylic acids is 2. The van der Waals surface area contributed by atoms with Crippen LogP contribution in [0, 0.1) is 5.41 Å². The molecule has 0 radical (unpaired) electrons. The molecule has 0 aromatic heterocycles. The number of halogens is 1. The molecule has 1 aromatic rings. The van der Waals surface area contributed by atoms with E-state index >= 15 is 0 Å². The minimum atomic E-state index is -0.577. The highest BCUT2D eigenvalue weighted by Gasteiger charge is 2.43. The monoisotopic (exact) mass is 427 g/mol. The molecule has 1 aromatic carbocycles. The molecule has 1 unspecified atom stereocenters. The van der Waals surface area contributed by atoms with Crippen molar-refractivity contribution in [3.63, 3.8) is 0 Å². The number of benzene rings is 1. The van der Waals surface area contributed by atoms with Gasteiger partial charge >= 0.3 is 0 Å². The van der Waals surface area contributed by atoms with Gasteiger partial charge in [-0.05, 0) is 32.4 Å². The first kappa shape index (κ1) is 23.3. The summed E-state index contributed by atoms with van der Waals surface area (Å²) in [5.74, 6) is 1.01. The highest BCUT2D eigenvalue weighted by atomic mass is 35.5. The Bertz CT molecular complexity index is 696. The maximum atomic E-state index is 13.0. The average molecular weight is 428 g/mol. The van der Waals surface area contributed by atoms with Crippen molar-refractivity contribution in [2.45, 2.75) is 25.3 Å². The van der Waals surface area contributed by atoms with E-state index in [1.54, 1.807) is 44.4 Å². The first-order valence-corrected chi connectivity index (χ1v) is 9.58. The fraction of sp³-hybridized carbons (Fsp3) is 0.600. The summed E-state index contributed by atoms with van der Waals surface area (Å²) >= 11 is 0. The van der Waals surface area contributed by atoms with Crippen molar-refractivity contribution in [1.82, 2.24) is 10.6 Å². The van der Waals surface area contributed by atoms with Crippen LogP contribution in [0.4, 0.5) is 5.69 Å². The summed E-state index contributed by atoms with van der Waals surface area (Å²) in [7, 11) is 4.75. The van der Waals surface area contributed by atoms with Gasteiger partial charge in [-0.3, -0.25) is 9.59 Å². The average Bonchev–Trinajstić information content (AvgIpc) is 3.08. The van der Waals surface area contributed by atoms with E-state index in [1.807, 2.05) is 0 Å². The van der Waals surface area contributed by atoms with Gasteiger partial charge in [-0.15, -0.1) is 12.4 Å². The molecule has 2 aliphatic heterocycles. The molecule has 2 amide bonds. The van der Waals surface area contributed by atoms with Gasteiger partial charge in [0.15, 0.2) is 0 Å². The summed E-state index contributed by atoms with van der Waals surface area (Å²) in [4.78, 5) is 27.7. The van der Waals surface area contributed by atoms with E-state index in [0.29, 0.717) is 49.6 Å². The molecule has 2 heterocycles. The zero-order valence-electron chi connectivity index (χ0n) is 17.2. The second-order valence-electron chi connectivity index (χ2n) is 7.34. The number of methoxy groups -OCH3 is 3. The van der Waals surface area contributed by atoms with Crippen LogP contribution in [-0.4, -0.2) is 65.4 Å². The topological polar surface area (TPSA) is 89.1 Å². The van der Waals surface area contributed by atoms with Gasteiger partial charge in [-0.2, -0.15) is 0 Å². The predicted octanol–water partition coefficient (Wildman–Crippen LogP) is 1.36.